The summed E-state index contributed by atoms with van der Waals surface area (Å²) in [5.41, 5.74) is 0.325. The lowest BCUT2D eigenvalue weighted by molar-refractivity contribution is -0.0563. The van der Waals surface area contributed by atoms with Crippen LogP contribution in [0.3, 0.4) is 0 Å². The molecule has 0 unspecified atom stereocenters. The number of ether oxygens (including phenoxy) is 2. The fraction of sp³-hybridized carbons (Fsp3) is 1.00. The molecule has 2 nitrogen and oxygen atoms in total. The highest BCUT2D eigenvalue weighted by molar-refractivity contribution is 7.80. The topological polar surface area (TPSA) is 18.5 Å². The Kier molecular flexibility index (Phi) is 4.94. The molecule has 0 spiro atoms. The summed E-state index contributed by atoms with van der Waals surface area (Å²) in [4.78, 5) is 0. The zero-order chi connectivity index (χ0) is 11.4. The number of hydrogen-bond donors (Lipinski definition) is 1. The van der Waals surface area contributed by atoms with Crippen molar-refractivity contribution in [1.82, 2.24) is 0 Å². The van der Waals surface area contributed by atoms with Crippen LogP contribution in [-0.4, -0.2) is 31.2 Å². The standard InChI is InChI=1S/C12H24O2S/c1-11(2,3)14-8-7-13-9-12(10-15)5-4-6-12/h15H,4-10H2,1-3H3. The molecule has 0 heterocycles. The predicted octanol–water partition coefficient (Wildman–Crippen LogP) is 2.92. The largest absolute Gasteiger partial charge is 0.378 e. The van der Waals surface area contributed by atoms with Gasteiger partial charge in [-0.25, -0.2) is 0 Å². The molecule has 1 aliphatic carbocycles. The average molecular weight is 232 g/mol. The van der Waals surface area contributed by atoms with Crippen molar-refractivity contribution in [3.05, 3.63) is 0 Å². The first kappa shape index (κ1) is 13.3. The maximum Gasteiger partial charge on any atom is 0.0707 e. The Morgan fingerprint density at radius 3 is 2.27 bits per heavy atom. The second-order valence-corrected chi connectivity index (χ2v) is 5.84. The van der Waals surface area contributed by atoms with Gasteiger partial charge in [0.05, 0.1) is 25.4 Å². The summed E-state index contributed by atoms with van der Waals surface area (Å²) >= 11 is 4.39. The molecule has 0 N–H and O–H groups in total. The highest BCUT2D eigenvalue weighted by Gasteiger charge is 2.35. The van der Waals surface area contributed by atoms with Crippen molar-refractivity contribution in [2.75, 3.05) is 25.6 Å². The van der Waals surface area contributed by atoms with Crippen LogP contribution in [0.5, 0.6) is 0 Å². The van der Waals surface area contributed by atoms with E-state index >= 15 is 0 Å². The Balaban J connectivity index is 2.02. The van der Waals surface area contributed by atoms with Gasteiger partial charge in [0.15, 0.2) is 0 Å². The maximum absolute atomic E-state index is 5.65. The zero-order valence-corrected chi connectivity index (χ0v) is 11.1. The van der Waals surface area contributed by atoms with Crippen LogP contribution in [0, 0.1) is 5.41 Å². The minimum atomic E-state index is -0.0545. The summed E-state index contributed by atoms with van der Waals surface area (Å²) in [5.74, 6) is 0.952. The van der Waals surface area contributed by atoms with Gasteiger partial charge in [-0.1, -0.05) is 6.42 Å². The number of hydrogen-bond acceptors (Lipinski definition) is 3. The molecule has 15 heavy (non-hydrogen) atoms. The summed E-state index contributed by atoms with van der Waals surface area (Å²) in [7, 11) is 0. The minimum absolute atomic E-state index is 0.0545. The fourth-order valence-electron chi connectivity index (χ4n) is 1.72. The molecule has 0 radical (unpaired) electrons. The van der Waals surface area contributed by atoms with E-state index < -0.39 is 0 Å². The first-order valence-corrected chi connectivity index (χ1v) is 6.43. The summed E-state index contributed by atoms with van der Waals surface area (Å²) in [6, 6.07) is 0. The number of thiol groups is 1. The van der Waals surface area contributed by atoms with Crippen molar-refractivity contribution in [3.8, 4) is 0 Å². The Bertz CT molecular complexity index is 177. The molecular formula is C12H24O2S. The molecular weight excluding hydrogens is 208 g/mol. The van der Waals surface area contributed by atoms with E-state index in [4.69, 9.17) is 9.47 Å². The van der Waals surface area contributed by atoms with Crippen molar-refractivity contribution in [3.63, 3.8) is 0 Å². The smallest absolute Gasteiger partial charge is 0.0707 e. The Morgan fingerprint density at radius 1 is 1.20 bits per heavy atom. The summed E-state index contributed by atoms with van der Waals surface area (Å²) < 4.78 is 11.2. The van der Waals surface area contributed by atoms with Crippen LogP contribution in [0.15, 0.2) is 0 Å². The lowest BCUT2D eigenvalue weighted by Crippen LogP contribution is -2.36. The van der Waals surface area contributed by atoms with Crippen LogP contribution < -0.4 is 0 Å². The van der Waals surface area contributed by atoms with Crippen LogP contribution in [0.1, 0.15) is 40.0 Å². The van der Waals surface area contributed by atoms with Crippen LogP contribution in [-0.2, 0) is 9.47 Å². The third-order valence-electron chi connectivity index (χ3n) is 2.92. The van der Waals surface area contributed by atoms with Gasteiger partial charge in [0.1, 0.15) is 0 Å². The molecule has 0 bridgehead atoms. The molecule has 90 valence electrons. The second kappa shape index (κ2) is 5.55. The average Bonchev–Trinajstić information content (AvgIpc) is 2.06. The maximum atomic E-state index is 5.65. The molecule has 3 heteroatoms. The molecule has 0 atom stereocenters. The lowest BCUT2D eigenvalue weighted by Gasteiger charge is -2.40. The van der Waals surface area contributed by atoms with Gasteiger partial charge in [-0.15, -0.1) is 0 Å². The van der Waals surface area contributed by atoms with Crippen molar-refractivity contribution in [2.24, 2.45) is 5.41 Å². The molecule has 0 saturated heterocycles. The molecule has 1 rings (SSSR count). The highest BCUT2D eigenvalue weighted by atomic mass is 32.1. The van der Waals surface area contributed by atoms with Crippen LogP contribution in [0.25, 0.3) is 0 Å². The van der Waals surface area contributed by atoms with Crippen molar-refractivity contribution in [1.29, 1.82) is 0 Å². The van der Waals surface area contributed by atoms with Crippen molar-refractivity contribution >= 4 is 12.6 Å². The normalized spacial score (nSPS) is 20.0. The van der Waals surface area contributed by atoms with Gasteiger partial charge in [0.2, 0.25) is 0 Å². The molecule has 0 amide bonds. The van der Waals surface area contributed by atoms with Crippen LogP contribution in [0.2, 0.25) is 0 Å². The van der Waals surface area contributed by atoms with E-state index in [1.54, 1.807) is 0 Å². The van der Waals surface area contributed by atoms with Gasteiger partial charge >= 0.3 is 0 Å². The summed E-state index contributed by atoms with van der Waals surface area (Å²) in [6.07, 6.45) is 3.88. The van der Waals surface area contributed by atoms with Gasteiger partial charge in [-0.2, -0.15) is 12.6 Å². The fourth-order valence-corrected chi connectivity index (χ4v) is 2.13. The van der Waals surface area contributed by atoms with E-state index in [0.29, 0.717) is 18.6 Å². The van der Waals surface area contributed by atoms with E-state index in [9.17, 15) is 0 Å². The molecule has 1 fully saturated rings. The monoisotopic (exact) mass is 232 g/mol. The third-order valence-corrected chi connectivity index (χ3v) is 3.59. The SMILES string of the molecule is CC(C)(C)OCCOCC1(CS)CCC1. The van der Waals surface area contributed by atoms with Gasteiger partial charge in [-0.05, 0) is 39.4 Å². The van der Waals surface area contributed by atoms with Gasteiger partial charge < -0.3 is 9.47 Å². The van der Waals surface area contributed by atoms with Crippen molar-refractivity contribution < 1.29 is 9.47 Å². The van der Waals surface area contributed by atoms with E-state index in [0.717, 1.165) is 12.4 Å². The Hall–Kier alpha value is 0.270. The predicted molar refractivity (Wildman–Crippen MR) is 66.7 cm³/mol. The van der Waals surface area contributed by atoms with E-state index in [1.807, 2.05) is 0 Å². The molecule has 0 aromatic carbocycles. The third kappa shape index (κ3) is 4.75. The zero-order valence-electron chi connectivity index (χ0n) is 10.2. The van der Waals surface area contributed by atoms with Gasteiger partial charge in [-0.3, -0.25) is 0 Å². The van der Waals surface area contributed by atoms with E-state index in [2.05, 4.69) is 33.4 Å². The highest BCUT2D eigenvalue weighted by Crippen LogP contribution is 2.41. The molecule has 1 saturated carbocycles. The van der Waals surface area contributed by atoms with E-state index in [-0.39, 0.29) is 5.60 Å². The minimum Gasteiger partial charge on any atom is -0.378 e. The molecule has 1 aliphatic rings. The Labute approximate surface area is 99.1 Å². The Morgan fingerprint density at radius 2 is 1.87 bits per heavy atom. The van der Waals surface area contributed by atoms with Crippen LogP contribution >= 0.6 is 12.6 Å². The quantitative estimate of drug-likeness (QED) is 0.561. The first-order chi connectivity index (χ1) is 6.97. The van der Waals surface area contributed by atoms with E-state index in [1.165, 1.54) is 19.3 Å². The van der Waals surface area contributed by atoms with Gasteiger partial charge in [0, 0.05) is 5.41 Å². The van der Waals surface area contributed by atoms with Crippen molar-refractivity contribution in [2.45, 2.75) is 45.6 Å². The summed E-state index contributed by atoms with van der Waals surface area (Å²) in [5, 5.41) is 0. The lowest BCUT2D eigenvalue weighted by atomic mass is 9.71. The first-order valence-electron chi connectivity index (χ1n) is 5.80. The molecule has 0 aliphatic heterocycles. The second-order valence-electron chi connectivity index (χ2n) is 5.53. The summed E-state index contributed by atoms with van der Waals surface area (Å²) in [6.45, 7) is 8.43. The molecule has 0 aromatic heterocycles. The number of rotatable bonds is 6. The van der Waals surface area contributed by atoms with Crippen LogP contribution in [0.4, 0.5) is 0 Å². The van der Waals surface area contributed by atoms with Gasteiger partial charge in [0.25, 0.3) is 0 Å². The molecule has 0 aromatic rings.